The molecule has 0 N–H and O–H groups in total. The largest absolute Gasteiger partial charge is 0.293 e. The summed E-state index contributed by atoms with van der Waals surface area (Å²) in [5.41, 5.74) is 0.809. The van der Waals surface area contributed by atoms with Gasteiger partial charge in [0.05, 0.1) is 5.75 Å². The van der Waals surface area contributed by atoms with Crippen LogP contribution in [0.15, 0.2) is 30.3 Å². The first-order valence-corrected chi connectivity index (χ1v) is 5.70. The van der Waals surface area contributed by atoms with Gasteiger partial charge < -0.3 is 0 Å². The molecule has 0 aromatic heterocycles. The summed E-state index contributed by atoms with van der Waals surface area (Å²) in [5, 5.41) is 0. The predicted molar refractivity (Wildman–Crippen MR) is 63.0 cm³/mol. The van der Waals surface area contributed by atoms with Gasteiger partial charge in [-0.1, -0.05) is 51.1 Å². The molecule has 1 aromatic carbocycles. The van der Waals surface area contributed by atoms with Crippen molar-refractivity contribution in [3.63, 3.8) is 0 Å². The number of thioether (sulfide) groups is 1. The molecule has 0 fully saturated rings. The van der Waals surface area contributed by atoms with Gasteiger partial charge in [-0.3, -0.25) is 4.79 Å². The summed E-state index contributed by atoms with van der Waals surface area (Å²) < 4.78 is 0.157. The lowest BCUT2D eigenvalue weighted by Gasteiger charge is -2.16. The van der Waals surface area contributed by atoms with E-state index in [1.165, 1.54) is 0 Å². The number of Topliss-reactive ketones (excluding diaryl/α,β-unsaturated/α-hetero) is 1. The Morgan fingerprint density at radius 2 is 1.79 bits per heavy atom. The van der Waals surface area contributed by atoms with Gasteiger partial charge >= 0.3 is 0 Å². The molecule has 0 bridgehead atoms. The second-order valence-corrected chi connectivity index (χ2v) is 5.99. The summed E-state index contributed by atoms with van der Waals surface area (Å²) in [7, 11) is 0. The van der Waals surface area contributed by atoms with Crippen molar-refractivity contribution in [1.82, 2.24) is 0 Å². The van der Waals surface area contributed by atoms with Crippen molar-refractivity contribution >= 4 is 17.5 Å². The molecular formula is C12H16OS. The van der Waals surface area contributed by atoms with Crippen LogP contribution in [0.25, 0.3) is 0 Å². The van der Waals surface area contributed by atoms with Crippen LogP contribution in [0.5, 0.6) is 0 Å². The molecule has 1 nitrogen and oxygen atoms in total. The first-order chi connectivity index (χ1) is 6.49. The average Bonchev–Trinajstić information content (AvgIpc) is 2.14. The highest BCUT2D eigenvalue weighted by atomic mass is 32.2. The van der Waals surface area contributed by atoms with Crippen molar-refractivity contribution in [1.29, 1.82) is 0 Å². The molecule has 2 heteroatoms. The van der Waals surface area contributed by atoms with Crippen LogP contribution in [0.1, 0.15) is 31.1 Å². The number of ketones is 1. The van der Waals surface area contributed by atoms with Crippen molar-refractivity contribution in [3.05, 3.63) is 35.9 Å². The maximum atomic E-state index is 11.7. The molecule has 0 spiro atoms. The smallest absolute Gasteiger partial charge is 0.172 e. The molecule has 0 aliphatic rings. The lowest BCUT2D eigenvalue weighted by molar-refractivity contribution is 0.102. The molecule has 0 aliphatic heterocycles. The van der Waals surface area contributed by atoms with Gasteiger partial charge in [0.25, 0.3) is 0 Å². The van der Waals surface area contributed by atoms with Crippen molar-refractivity contribution in [2.45, 2.75) is 25.5 Å². The number of benzene rings is 1. The first kappa shape index (κ1) is 11.3. The summed E-state index contributed by atoms with van der Waals surface area (Å²) in [6, 6.07) is 9.45. The zero-order valence-corrected chi connectivity index (χ0v) is 9.73. The minimum Gasteiger partial charge on any atom is -0.293 e. The standard InChI is InChI=1S/C12H16OS/c1-12(2,3)14-9-11(13)10-7-5-4-6-8-10/h4-8H,9H2,1-3H3. The van der Waals surface area contributed by atoms with Crippen LogP contribution in [-0.2, 0) is 0 Å². The second kappa shape index (κ2) is 4.65. The summed E-state index contributed by atoms with van der Waals surface area (Å²) in [6.07, 6.45) is 0. The normalized spacial score (nSPS) is 11.4. The third kappa shape index (κ3) is 3.97. The maximum Gasteiger partial charge on any atom is 0.172 e. The van der Waals surface area contributed by atoms with Crippen molar-refractivity contribution in [2.24, 2.45) is 0 Å². The second-order valence-electron chi connectivity index (χ2n) is 4.19. The van der Waals surface area contributed by atoms with E-state index in [9.17, 15) is 4.79 Å². The molecular weight excluding hydrogens is 192 g/mol. The Kier molecular flexibility index (Phi) is 3.76. The van der Waals surface area contributed by atoms with Crippen LogP contribution in [0, 0.1) is 0 Å². The Morgan fingerprint density at radius 3 is 2.29 bits per heavy atom. The third-order valence-corrected chi connectivity index (χ3v) is 3.00. The highest BCUT2D eigenvalue weighted by Gasteiger charge is 2.13. The van der Waals surface area contributed by atoms with Crippen LogP contribution >= 0.6 is 11.8 Å². The van der Waals surface area contributed by atoms with Gasteiger partial charge in [-0.05, 0) is 0 Å². The maximum absolute atomic E-state index is 11.7. The molecule has 0 unspecified atom stereocenters. The number of hydrogen-bond acceptors (Lipinski definition) is 2. The number of hydrogen-bond donors (Lipinski definition) is 0. The zero-order chi connectivity index (χ0) is 10.6. The van der Waals surface area contributed by atoms with E-state index >= 15 is 0 Å². The van der Waals surface area contributed by atoms with Crippen LogP contribution in [0.3, 0.4) is 0 Å². The fraction of sp³-hybridized carbons (Fsp3) is 0.417. The Morgan fingerprint density at radius 1 is 1.21 bits per heavy atom. The van der Waals surface area contributed by atoms with Crippen LogP contribution in [-0.4, -0.2) is 16.3 Å². The van der Waals surface area contributed by atoms with Gasteiger partial charge in [0.15, 0.2) is 5.78 Å². The lowest BCUT2D eigenvalue weighted by Crippen LogP contribution is -2.12. The van der Waals surface area contributed by atoms with E-state index in [-0.39, 0.29) is 10.5 Å². The zero-order valence-electron chi connectivity index (χ0n) is 8.91. The van der Waals surface area contributed by atoms with Crippen LogP contribution < -0.4 is 0 Å². The number of carbonyl (C=O) groups excluding carboxylic acids is 1. The summed E-state index contributed by atoms with van der Waals surface area (Å²) in [5.74, 6) is 0.776. The van der Waals surface area contributed by atoms with E-state index in [0.29, 0.717) is 5.75 Å². The molecule has 0 saturated heterocycles. The molecule has 0 atom stereocenters. The molecule has 1 rings (SSSR count). The van der Waals surface area contributed by atoms with E-state index in [0.717, 1.165) is 5.56 Å². The molecule has 1 aromatic rings. The van der Waals surface area contributed by atoms with Gasteiger partial charge in [0.2, 0.25) is 0 Å². The number of rotatable bonds is 3. The minimum absolute atomic E-state index is 0.157. The fourth-order valence-electron chi connectivity index (χ4n) is 0.989. The van der Waals surface area contributed by atoms with E-state index in [1.807, 2.05) is 30.3 Å². The SMILES string of the molecule is CC(C)(C)SCC(=O)c1ccccc1. The Balaban J connectivity index is 2.52. The topological polar surface area (TPSA) is 17.1 Å². The molecule has 0 aliphatic carbocycles. The fourth-order valence-corrected chi connectivity index (χ4v) is 1.72. The van der Waals surface area contributed by atoms with Crippen molar-refractivity contribution in [3.8, 4) is 0 Å². The molecule has 14 heavy (non-hydrogen) atoms. The first-order valence-electron chi connectivity index (χ1n) is 4.71. The quantitative estimate of drug-likeness (QED) is 0.708. The third-order valence-electron chi connectivity index (χ3n) is 1.73. The highest BCUT2D eigenvalue weighted by Crippen LogP contribution is 2.23. The Labute approximate surface area is 89.9 Å². The summed E-state index contributed by atoms with van der Waals surface area (Å²) in [4.78, 5) is 11.7. The van der Waals surface area contributed by atoms with Crippen LogP contribution in [0.4, 0.5) is 0 Å². The Bertz CT molecular complexity index is 298. The molecule has 0 heterocycles. The lowest BCUT2D eigenvalue weighted by atomic mass is 10.2. The van der Waals surface area contributed by atoms with Gasteiger partial charge in [-0.25, -0.2) is 0 Å². The monoisotopic (exact) mass is 208 g/mol. The average molecular weight is 208 g/mol. The minimum atomic E-state index is 0.157. The van der Waals surface area contributed by atoms with E-state index < -0.39 is 0 Å². The van der Waals surface area contributed by atoms with E-state index in [4.69, 9.17) is 0 Å². The van der Waals surface area contributed by atoms with Gasteiger partial charge in [-0.2, -0.15) is 0 Å². The van der Waals surface area contributed by atoms with Gasteiger partial charge in [0, 0.05) is 10.3 Å². The summed E-state index contributed by atoms with van der Waals surface area (Å²) in [6.45, 7) is 6.36. The summed E-state index contributed by atoms with van der Waals surface area (Å²) >= 11 is 1.69. The highest BCUT2D eigenvalue weighted by molar-refractivity contribution is 8.01. The van der Waals surface area contributed by atoms with E-state index in [2.05, 4.69) is 20.8 Å². The number of carbonyl (C=O) groups is 1. The molecule has 0 saturated carbocycles. The van der Waals surface area contributed by atoms with Gasteiger partial charge in [0.1, 0.15) is 0 Å². The van der Waals surface area contributed by atoms with E-state index in [1.54, 1.807) is 11.8 Å². The van der Waals surface area contributed by atoms with Crippen molar-refractivity contribution < 1.29 is 4.79 Å². The van der Waals surface area contributed by atoms with Crippen molar-refractivity contribution in [2.75, 3.05) is 5.75 Å². The Hall–Kier alpha value is -0.760. The predicted octanol–water partition coefficient (Wildman–Crippen LogP) is 3.40. The molecule has 0 amide bonds. The van der Waals surface area contributed by atoms with Gasteiger partial charge in [-0.15, -0.1) is 11.8 Å². The molecule has 76 valence electrons. The molecule has 0 radical (unpaired) electrons. The van der Waals surface area contributed by atoms with Crippen LogP contribution in [0.2, 0.25) is 0 Å².